The van der Waals surface area contributed by atoms with E-state index in [1.807, 2.05) is 19.2 Å². The normalized spacial score (nSPS) is 16.4. The van der Waals surface area contributed by atoms with Crippen LogP contribution in [-0.4, -0.2) is 31.6 Å². The molecule has 1 heterocycles. The maximum atomic E-state index is 10.8. The van der Waals surface area contributed by atoms with E-state index in [-0.39, 0.29) is 10.6 Å². The summed E-state index contributed by atoms with van der Waals surface area (Å²) in [4.78, 5) is 12.9. The molecule has 1 saturated heterocycles. The highest BCUT2D eigenvalue weighted by Crippen LogP contribution is 2.28. The molecule has 2 rings (SSSR count). The van der Waals surface area contributed by atoms with E-state index in [0.717, 1.165) is 36.8 Å². The fraction of sp³-hybridized carbons (Fsp3) is 0.600. The highest BCUT2D eigenvalue weighted by molar-refractivity contribution is 5.55. The maximum Gasteiger partial charge on any atom is 0.272 e. The molecular weight excluding hydrogens is 254 g/mol. The molecule has 20 heavy (non-hydrogen) atoms. The predicted octanol–water partition coefficient (Wildman–Crippen LogP) is 2.73. The molecule has 0 spiro atoms. The molecule has 110 valence electrons. The van der Waals surface area contributed by atoms with E-state index in [1.165, 1.54) is 19.3 Å². The Kier molecular flexibility index (Phi) is 4.95. The number of nitrogens with one attached hydrogen (secondary N) is 1. The number of aryl methyl sites for hydroxylation is 1. The largest absolute Gasteiger partial charge is 0.372 e. The second-order valence-corrected chi connectivity index (χ2v) is 5.55. The van der Waals surface area contributed by atoms with Crippen LogP contribution in [0.4, 0.5) is 11.4 Å². The van der Waals surface area contributed by atoms with Crippen LogP contribution in [0.15, 0.2) is 18.2 Å². The Hall–Kier alpha value is -1.62. The van der Waals surface area contributed by atoms with Gasteiger partial charge in [0.15, 0.2) is 0 Å². The molecule has 0 radical (unpaired) electrons. The number of hydrogen-bond acceptors (Lipinski definition) is 4. The van der Waals surface area contributed by atoms with Gasteiger partial charge in [0, 0.05) is 30.4 Å². The quantitative estimate of drug-likeness (QED) is 0.664. The van der Waals surface area contributed by atoms with Crippen molar-refractivity contribution in [1.82, 2.24) is 5.32 Å². The molecule has 0 aliphatic carbocycles. The molecule has 0 saturated carbocycles. The zero-order valence-electron chi connectivity index (χ0n) is 12.3. The van der Waals surface area contributed by atoms with Crippen LogP contribution in [0.1, 0.15) is 24.8 Å². The standard InChI is InChI=1S/C15H23N3O2/c1-12-11-14(3-4-15(12)18(19)20)17-9-6-13(7-10-17)5-8-16-2/h3-4,11,13,16H,5-10H2,1-2H3. The summed E-state index contributed by atoms with van der Waals surface area (Å²) in [5.74, 6) is 0.804. The Balaban J connectivity index is 1.97. The van der Waals surface area contributed by atoms with Crippen molar-refractivity contribution in [3.63, 3.8) is 0 Å². The summed E-state index contributed by atoms with van der Waals surface area (Å²) < 4.78 is 0. The van der Waals surface area contributed by atoms with Gasteiger partial charge in [-0.3, -0.25) is 10.1 Å². The predicted molar refractivity (Wildman–Crippen MR) is 81.3 cm³/mol. The second-order valence-electron chi connectivity index (χ2n) is 5.55. The zero-order chi connectivity index (χ0) is 14.5. The first-order valence-corrected chi connectivity index (χ1v) is 7.26. The first-order chi connectivity index (χ1) is 9.61. The molecule has 1 aromatic rings. The summed E-state index contributed by atoms with van der Waals surface area (Å²) in [6.07, 6.45) is 3.65. The van der Waals surface area contributed by atoms with Gasteiger partial charge in [0.05, 0.1) is 4.92 Å². The number of nitro benzene ring substituents is 1. The Morgan fingerprint density at radius 3 is 2.65 bits per heavy atom. The van der Waals surface area contributed by atoms with E-state index < -0.39 is 0 Å². The van der Waals surface area contributed by atoms with Gasteiger partial charge in [-0.15, -0.1) is 0 Å². The molecular formula is C15H23N3O2. The van der Waals surface area contributed by atoms with Gasteiger partial charge >= 0.3 is 0 Å². The summed E-state index contributed by atoms with van der Waals surface area (Å²) in [5.41, 5.74) is 2.06. The van der Waals surface area contributed by atoms with Crippen molar-refractivity contribution >= 4 is 11.4 Å². The third kappa shape index (κ3) is 3.48. The lowest BCUT2D eigenvalue weighted by Crippen LogP contribution is -2.34. The molecule has 1 aliphatic heterocycles. The average Bonchev–Trinajstić information content (AvgIpc) is 2.45. The minimum Gasteiger partial charge on any atom is -0.372 e. The van der Waals surface area contributed by atoms with Crippen LogP contribution in [0.5, 0.6) is 0 Å². The first kappa shape index (κ1) is 14.8. The van der Waals surface area contributed by atoms with Gasteiger partial charge in [-0.25, -0.2) is 0 Å². The fourth-order valence-corrected chi connectivity index (χ4v) is 2.87. The van der Waals surface area contributed by atoms with E-state index in [0.29, 0.717) is 0 Å². The van der Waals surface area contributed by atoms with Crippen LogP contribution in [0.25, 0.3) is 0 Å². The number of anilines is 1. The molecule has 1 aliphatic rings. The Morgan fingerprint density at radius 2 is 2.10 bits per heavy atom. The van der Waals surface area contributed by atoms with Gasteiger partial charge in [0.2, 0.25) is 0 Å². The summed E-state index contributed by atoms with van der Waals surface area (Å²) in [6.45, 7) is 4.99. The molecule has 0 atom stereocenters. The molecule has 0 amide bonds. The SMILES string of the molecule is CNCCC1CCN(c2ccc([N+](=O)[O-])c(C)c2)CC1. The number of nitro groups is 1. The van der Waals surface area contributed by atoms with E-state index in [2.05, 4.69) is 10.2 Å². The summed E-state index contributed by atoms with van der Waals surface area (Å²) >= 11 is 0. The van der Waals surface area contributed by atoms with Crippen LogP contribution in [0.2, 0.25) is 0 Å². The molecule has 1 fully saturated rings. The van der Waals surface area contributed by atoms with Crippen molar-refractivity contribution < 1.29 is 4.92 Å². The van der Waals surface area contributed by atoms with E-state index >= 15 is 0 Å². The van der Waals surface area contributed by atoms with Crippen molar-refractivity contribution in [1.29, 1.82) is 0 Å². The number of piperidine rings is 1. The molecule has 5 nitrogen and oxygen atoms in total. The van der Waals surface area contributed by atoms with Gasteiger partial charge in [-0.1, -0.05) is 0 Å². The number of hydrogen-bond donors (Lipinski definition) is 1. The van der Waals surface area contributed by atoms with Crippen molar-refractivity contribution in [3.8, 4) is 0 Å². The van der Waals surface area contributed by atoms with Crippen LogP contribution < -0.4 is 10.2 Å². The molecule has 1 aromatic carbocycles. The van der Waals surface area contributed by atoms with Crippen LogP contribution in [0, 0.1) is 23.0 Å². The average molecular weight is 277 g/mol. The number of rotatable bonds is 5. The lowest BCUT2D eigenvalue weighted by Gasteiger charge is -2.33. The summed E-state index contributed by atoms with van der Waals surface area (Å²) in [6, 6.07) is 5.43. The van der Waals surface area contributed by atoms with Crippen molar-refractivity contribution in [2.45, 2.75) is 26.2 Å². The van der Waals surface area contributed by atoms with E-state index in [4.69, 9.17) is 0 Å². The Bertz CT molecular complexity index is 468. The molecule has 0 aromatic heterocycles. The fourth-order valence-electron chi connectivity index (χ4n) is 2.87. The van der Waals surface area contributed by atoms with Crippen molar-refractivity contribution in [2.24, 2.45) is 5.92 Å². The summed E-state index contributed by atoms with van der Waals surface area (Å²) in [7, 11) is 1.99. The molecule has 0 unspecified atom stereocenters. The smallest absolute Gasteiger partial charge is 0.272 e. The minimum atomic E-state index is -0.316. The maximum absolute atomic E-state index is 10.8. The van der Waals surface area contributed by atoms with Gasteiger partial charge < -0.3 is 10.2 Å². The third-order valence-electron chi connectivity index (χ3n) is 4.16. The van der Waals surface area contributed by atoms with Gasteiger partial charge in [-0.05, 0) is 57.8 Å². The Morgan fingerprint density at radius 1 is 1.40 bits per heavy atom. The molecule has 0 bridgehead atoms. The first-order valence-electron chi connectivity index (χ1n) is 7.26. The van der Waals surface area contributed by atoms with Crippen molar-refractivity contribution in [2.75, 3.05) is 31.6 Å². The third-order valence-corrected chi connectivity index (χ3v) is 4.16. The van der Waals surface area contributed by atoms with Gasteiger partial charge in [-0.2, -0.15) is 0 Å². The lowest BCUT2D eigenvalue weighted by molar-refractivity contribution is -0.385. The summed E-state index contributed by atoms with van der Waals surface area (Å²) in [5, 5.41) is 14.0. The Labute approximate surface area is 120 Å². The second kappa shape index (κ2) is 6.70. The molecule has 1 N–H and O–H groups in total. The molecule has 5 heteroatoms. The lowest BCUT2D eigenvalue weighted by atomic mass is 9.93. The monoisotopic (exact) mass is 277 g/mol. The number of benzene rings is 1. The van der Waals surface area contributed by atoms with Crippen LogP contribution in [0.3, 0.4) is 0 Å². The van der Waals surface area contributed by atoms with Crippen LogP contribution >= 0.6 is 0 Å². The van der Waals surface area contributed by atoms with E-state index in [9.17, 15) is 10.1 Å². The van der Waals surface area contributed by atoms with Crippen LogP contribution in [-0.2, 0) is 0 Å². The topological polar surface area (TPSA) is 58.4 Å². The van der Waals surface area contributed by atoms with Gasteiger partial charge in [0.25, 0.3) is 5.69 Å². The number of nitrogens with zero attached hydrogens (tertiary/aromatic N) is 2. The highest BCUT2D eigenvalue weighted by atomic mass is 16.6. The van der Waals surface area contributed by atoms with Gasteiger partial charge in [0.1, 0.15) is 0 Å². The highest BCUT2D eigenvalue weighted by Gasteiger charge is 2.20. The van der Waals surface area contributed by atoms with Crippen molar-refractivity contribution in [3.05, 3.63) is 33.9 Å². The van der Waals surface area contributed by atoms with E-state index in [1.54, 1.807) is 13.0 Å². The zero-order valence-corrected chi connectivity index (χ0v) is 12.3. The minimum absolute atomic E-state index is 0.206.